The number of rotatable bonds is 6. The molecule has 0 heterocycles. The molecule has 0 radical (unpaired) electrons. The van der Waals surface area contributed by atoms with E-state index in [-0.39, 0.29) is 24.3 Å². The quantitative estimate of drug-likeness (QED) is 0.583. The summed E-state index contributed by atoms with van der Waals surface area (Å²) >= 11 is 0. The minimum absolute atomic E-state index is 0.190. The SMILES string of the molecule is NCc1cc(F)c2c(c1)CC(CCCB(O)O)C2C(=O)O. The van der Waals surface area contributed by atoms with Gasteiger partial charge in [-0.1, -0.05) is 12.5 Å². The summed E-state index contributed by atoms with van der Waals surface area (Å²) in [5, 5.41) is 27.1. The van der Waals surface area contributed by atoms with Crippen LogP contribution in [0, 0.1) is 11.7 Å². The number of nitrogens with two attached hydrogens (primary N) is 1. The maximum Gasteiger partial charge on any atom is 0.451 e. The minimum atomic E-state index is -1.39. The smallest absolute Gasteiger partial charge is 0.451 e. The van der Waals surface area contributed by atoms with Gasteiger partial charge >= 0.3 is 13.1 Å². The van der Waals surface area contributed by atoms with Gasteiger partial charge in [0.25, 0.3) is 0 Å². The zero-order chi connectivity index (χ0) is 15.6. The van der Waals surface area contributed by atoms with Gasteiger partial charge in [-0.3, -0.25) is 4.79 Å². The van der Waals surface area contributed by atoms with E-state index >= 15 is 0 Å². The molecule has 0 amide bonds. The number of fused-ring (bicyclic) bond motifs is 1. The van der Waals surface area contributed by atoms with Gasteiger partial charge in [0.15, 0.2) is 0 Å². The van der Waals surface area contributed by atoms with Crippen LogP contribution in [-0.4, -0.2) is 28.2 Å². The van der Waals surface area contributed by atoms with Gasteiger partial charge in [-0.25, -0.2) is 4.39 Å². The summed E-state index contributed by atoms with van der Waals surface area (Å²) in [5.74, 6) is -2.64. The number of hydrogen-bond acceptors (Lipinski definition) is 4. The van der Waals surface area contributed by atoms with Gasteiger partial charge in [0.1, 0.15) is 5.82 Å². The highest BCUT2D eigenvalue weighted by molar-refractivity contribution is 6.40. The first-order valence-corrected chi connectivity index (χ1v) is 7.04. The van der Waals surface area contributed by atoms with Crippen LogP contribution < -0.4 is 5.73 Å². The first kappa shape index (κ1) is 15.9. The fourth-order valence-electron chi connectivity index (χ4n) is 3.16. The van der Waals surface area contributed by atoms with Crippen LogP contribution in [0.15, 0.2) is 12.1 Å². The van der Waals surface area contributed by atoms with Crippen LogP contribution in [0.2, 0.25) is 6.32 Å². The van der Waals surface area contributed by atoms with Crippen LogP contribution in [-0.2, 0) is 17.8 Å². The van der Waals surface area contributed by atoms with Crippen LogP contribution in [0.1, 0.15) is 35.4 Å². The zero-order valence-electron chi connectivity index (χ0n) is 11.6. The lowest BCUT2D eigenvalue weighted by atomic mass is 9.80. The molecule has 1 aromatic rings. The number of carboxylic acids is 1. The second-order valence-corrected chi connectivity index (χ2v) is 5.55. The van der Waals surface area contributed by atoms with Crippen LogP contribution >= 0.6 is 0 Å². The van der Waals surface area contributed by atoms with Gasteiger partial charge in [0, 0.05) is 12.1 Å². The molecule has 5 nitrogen and oxygen atoms in total. The molecule has 5 N–H and O–H groups in total. The Kier molecular flexibility index (Phi) is 4.98. The Balaban J connectivity index is 2.23. The van der Waals surface area contributed by atoms with Crippen molar-refractivity contribution in [2.45, 2.75) is 38.0 Å². The molecule has 0 saturated heterocycles. The van der Waals surface area contributed by atoms with Crippen LogP contribution in [0.3, 0.4) is 0 Å². The number of aliphatic carboxylic acids is 1. The number of hydrogen-bond donors (Lipinski definition) is 4. The molecular weight excluding hydrogens is 276 g/mol. The van der Waals surface area contributed by atoms with E-state index < -0.39 is 24.8 Å². The molecule has 114 valence electrons. The Morgan fingerprint density at radius 3 is 2.71 bits per heavy atom. The third kappa shape index (κ3) is 3.43. The molecule has 0 aliphatic heterocycles. The summed E-state index contributed by atoms with van der Waals surface area (Å²) in [6, 6.07) is 3.07. The van der Waals surface area contributed by atoms with E-state index in [0.717, 1.165) is 0 Å². The number of carboxylic acid groups (broad SMARTS) is 1. The van der Waals surface area contributed by atoms with E-state index in [1.54, 1.807) is 6.07 Å². The number of halogens is 1. The van der Waals surface area contributed by atoms with E-state index in [4.69, 9.17) is 15.8 Å². The van der Waals surface area contributed by atoms with Crippen molar-refractivity contribution in [1.29, 1.82) is 0 Å². The van der Waals surface area contributed by atoms with E-state index in [0.29, 0.717) is 30.4 Å². The average Bonchev–Trinajstić information content (AvgIpc) is 2.77. The minimum Gasteiger partial charge on any atom is -0.481 e. The van der Waals surface area contributed by atoms with Crippen molar-refractivity contribution in [1.82, 2.24) is 0 Å². The monoisotopic (exact) mass is 295 g/mol. The second-order valence-electron chi connectivity index (χ2n) is 5.55. The lowest BCUT2D eigenvalue weighted by molar-refractivity contribution is -0.140. The molecule has 1 aromatic carbocycles. The van der Waals surface area contributed by atoms with Gasteiger partial charge in [-0.05, 0) is 42.3 Å². The van der Waals surface area contributed by atoms with Gasteiger partial charge in [0.05, 0.1) is 5.92 Å². The summed E-state index contributed by atoms with van der Waals surface area (Å²) in [4.78, 5) is 11.5. The Morgan fingerprint density at radius 1 is 1.43 bits per heavy atom. The molecule has 1 aliphatic rings. The van der Waals surface area contributed by atoms with Gasteiger partial charge < -0.3 is 20.9 Å². The Hall–Kier alpha value is -1.44. The van der Waals surface area contributed by atoms with Crippen molar-refractivity contribution in [2.75, 3.05) is 0 Å². The van der Waals surface area contributed by atoms with E-state index in [1.165, 1.54) is 6.07 Å². The highest BCUT2D eigenvalue weighted by Gasteiger charge is 2.39. The summed E-state index contributed by atoms with van der Waals surface area (Å²) < 4.78 is 14.2. The predicted molar refractivity (Wildman–Crippen MR) is 76.1 cm³/mol. The average molecular weight is 295 g/mol. The molecule has 1 aliphatic carbocycles. The molecule has 0 fully saturated rings. The van der Waals surface area contributed by atoms with Crippen molar-refractivity contribution in [3.05, 3.63) is 34.6 Å². The van der Waals surface area contributed by atoms with E-state index in [2.05, 4.69) is 0 Å². The van der Waals surface area contributed by atoms with Gasteiger partial charge in [0.2, 0.25) is 0 Å². The molecule has 0 saturated carbocycles. The first-order valence-electron chi connectivity index (χ1n) is 7.04. The summed E-state index contributed by atoms with van der Waals surface area (Å²) in [6.07, 6.45) is 1.68. The van der Waals surface area contributed by atoms with Gasteiger partial charge in [-0.15, -0.1) is 0 Å². The van der Waals surface area contributed by atoms with Crippen molar-refractivity contribution >= 4 is 13.1 Å². The van der Waals surface area contributed by atoms with Crippen molar-refractivity contribution in [2.24, 2.45) is 11.7 Å². The Labute approximate surface area is 122 Å². The molecule has 2 atom stereocenters. The summed E-state index contributed by atoms with van der Waals surface area (Å²) in [5.41, 5.74) is 7.14. The fraction of sp³-hybridized carbons (Fsp3) is 0.500. The summed E-state index contributed by atoms with van der Waals surface area (Å²) in [7, 11) is -1.39. The van der Waals surface area contributed by atoms with Crippen LogP contribution in [0.5, 0.6) is 0 Å². The van der Waals surface area contributed by atoms with Crippen molar-refractivity contribution in [3.8, 4) is 0 Å². The molecule has 2 rings (SSSR count). The highest BCUT2D eigenvalue weighted by Crippen LogP contribution is 2.42. The first-order chi connectivity index (χ1) is 9.93. The number of benzene rings is 1. The largest absolute Gasteiger partial charge is 0.481 e. The van der Waals surface area contributed by atoms with Gasteiger partial charge in [-0.2, -0.15) is 0 Å². The third-order valence-electron chi connectivity index (χ3n) is 4.08. The molecule has 7 heteroatoms. The molecule has 0 aromatic heterocycles. The molecular formula is C14H19BFNO4. The topological polar surface area (TPSA) is 104 Å². The molecule has 0 bridgehead atoms. The van der Waals surface area contributed by atoms with Crippen LogP contribution in [0.4, 0.5) is 4.39 Å². The summed E-state index contributed by atoms with van der Waals surface area (Å²) in [6.45, 7) is 0.212. The molecule has 21 heavy (non-hydrogen) atoms. The second kappa shape index (κ2) is 6.55. The maximum absolute atomic E-state index is 14.2. The highest BCUT2D eigenvalue weighted by atomic mass is 19.1. The van der Waals surface area contributed by atoms with Crippen LogP contribution in [0.25, 0.3) is 0 Å². The lowest BCUT2D eigenvalue weighted by Crippen LogP contribution is -2.19. The maximum atomic E-state index is 14.2. The van der Waals surface area contributed by atoms with Crippen molar-refractivity contribution < 1.29 is 24.3 Å². The fourth-order valence-corrected chi connectivity index (χ4v) is 3.16. The lowest BCUT2D eigenvalue weighted by Gasteiger charge is -2.16. The van der Waals surface area contributed by atoms with E-state index in [1.807, 2.05) is 0 Å². The Bertz CT molecular complexity index is 538. The normalized spacial score (nSPS) is 20.4. The predicted octanol–water partition coefficient (Wildman–Crippen LogP) is 0.878. The third-order valence-corrected chi connectivity index (χ3v) is 4.08. The number of carbonyl (C=O) groups is 1. The standard InChI is InChI=1S/C14H19BFNO4/c16-11-5-8(7-17)4-10-6-9(2-1-3-15(20)21)13(12(10)11)14(18)19/h4-5,9,13,20-21H,1-3,6-7,17H2,(H,18,19). The van der Waals surface area contributed by atoms with Crippen molar-refractivity contribution in [3.63, 3.8) is 0 Å². The zero-order valence-corrected chi connectivity index (χ0v) is 11.6. The molecule has 0 spiro atoms. The van der Waals surface area contributed by atoms with E-state index in [9.17, 15) is 14.3 Å². The molecule has 2 unspecified atom stereocenters. The Morgan fingerprint density at radius 2 is 2.14 bits per heavy atom.